The van der Waals surface area contributed by atoms with Gasteiger partial charge in [-0.2, -0.15) is 0 Å². The molecular weight excluding hydrogens is 614 g/mol. The highest BCUT2D eigenvalue weighted by Crippen LogP contribution is 2.60. The molecule has 4 unspecified atom stereocenters. The normalized spacial score (nSPS) is 22.3. The van der Waals surface area contributed by atoms with Crippen molar-refractivity contribution in [2.45, 2.75) is 51.6 Å². The van der Waals surface area contributed by atoms with Crippen molar-refractivity contribution in [3.8, 4) is 0 Å². The third-order valence-electron chi connectivity index (χ3n) is 9.09. The summed E-state index contributed by atoms with van der Waals surface area (Å²) in [7, 11) is 0. The highest BCUT2D eigenvalue weighted by Gasteiger charge is 2.70. The van der Waals surface area contributed by atoms with Gasteiger partial charge in [-0.3, -0.25) is 9.59 Å². The minimum atomic E-state index is -1.60. The lowest BCUT2D eigenvalue weighted by molar-refractivity contribution is -0.126. The van der Waals surface area contributed by atoms with Crippen LogP contribution in [0, 0.1) is 25.7 Å². The number of nitrogens with one attached hydrogen (secondary N) is 2. The molecule has 0 radical (unpaired) electrons. The van der Waals surface area contributed by atoms with Crippen LogP contribution in [0.5, 0.6) is 0 Å². The van der Waals surface area contributed by atoms with Crippen molar-refractivity contribution in [1.29, 1.82) is 0 Å². The number of Topliss-reactive ketones (excluding diaryl/α,β-unsaturated/α-hetero) is 1. The third-order valence-corrected chi connectivity index (χ3v) is 9.59. The first kappa shape index (κ1) is 29.8. The number of para-hydroxylation sites is 1. The van der Waals surface area contributed by atoms with Gasteiger partial charge in [-0.15, -0.1) is 0 Å². The average molecular weight is 651 g/mol. The van der Waals surface area contributed by atoms with Gasteiger partial charge < -0.3 is 15.5 Å². The monoisotopic (exact) mass is 649 g/mol. The van der Waals surface area contributed by atoms with E-state index < -0.39 is 29.4 Å². The van der Waals surface area contributed by atoms with Crippen molar-refractivity contribution in [2.24, 2.45) is 11.8 Å². The molecule has 6 nitrogen and oxygen atoms in total. The number of ketones is 1. The fourth-order valence-corrected chi connectivity index (χ4v) is 7.69. The minimum Gasteiger partial charge on any atom is -0.323 e. The van der Waals surface area contributed by atoms with Gasteiger partial charge >= 0.3 is 6.03 Å². The standard InChI is InChI=1S/C37H36BrN3O3/c1-22(2)20-30-31(25-14-7-5-8-15-25)32(34(42)26-16-9-6-10-17-26)37(28-21-27(38)18-19-29(28)39-35(37)43)41(30)36(44)40-33-23(3)12-11-13-24(33)4/h5-19,21-22,30-32H,20H2,1-4H3,(H,39,43)(H,40,44). The molecule has 6 rings (SSSR count). The van der Waals surface area contributed by atoms with Crippen LogP contribution in [0.3, 0.4) is 0 Å². The zero-order valence-electron chi connectivity index (χ0n) is 25.3. The Kier molecular flexibility index (Phi) is 7.93. The molecule has 1 spiro atoms. The summed E-state index contributed by atoms with van der Waals surface area (Å²) in [5, 5.41) is 6.27. The Labute approximate surface area is 267 Å². The third kappa shape index (κ3) is 4.84. The van der Waals surface area contributed by atoms with E-state index in [1.807, 2.05) is 98.8 Å². The Morgan fingerprint density at radius 2 is 1.55 bits per heavy atom. The zero-order chi connectivity index (χ0) is 31.2. The summed E-state index contributed by atoms with van der Waals surface area (Å²) < 4.78 is 0.761. The molecule has 4 atom stereocenters. The number of hydrogen-bond acceptors (Lipinski definition) is 3. The maximum absolute atomic E-state index is 14.9. The second-order valence-electron chi connectivity index (χ2n) is 12.3. The Morgan fingerprint density at radius 3 is 2.18 bits per heavy atom. The maximum atomic E-state index is 14.9. The number of nitrogens with zero attached hydrogens (tertiary/aromatic N) is 1. The van der Waals surface area contributed by atoms with Crippen molar-refractivity contribution in [3.63, 3.8) is 0 Å². The number of fused-ring (bicyclic) bond motifs is 2. The van der Waals surface area contributed by atoms with Crippen molar-refractivity contribution in [1.82, 2.24) is 4.90 Å². The Hall–Kier alpha value is -4.23. The molecule has 2 heterocycles. The van der Waals surface area contributed by atoms with E-state index in [-0.39, 0.29) is 17.6 Å². The van der Waals surface area contributed by atoms with Gasteiger partial charge in [-0.25, -0.2) is 4.79 Å². The van der Waals surface area contributed by atoms with Gasteiger partial charge in [0.1, 0.15) is 0 Å². The van der Waals surface area contributed by atoms with Crippen LogP contribution in [-0.2, 0) is 10.3 Å². The molecule has 0 aliphatic carbocycles. The smallest absolute Gasteiger partial charge is 0.323 e. The van der Waals surface area contributed by atoms with E-state index >= 15 is 0 Å². The molecule has 44 heavy (non-hydrogen) atoms. The summed E-state index contributed by atoms with van der Waals surface area (Å²) in [6.07, 6.45) is 0.594. The Morgan fingerprint density at radius 1 is 0.909 bits per heavy atom. The maximum Gasteiger partial charge on any atom is 0.323 e. The number of benzene rings is 4. The second kappa shape index (κ2) is 11.7. The number of rotatable bonds is 6. The van der Waals surface area contributed by atoms with Crippen LogP contribution in [0.15, 0.2) is 102 Å². The molecule has 4 aromatic carbocycles. The average Bonchev–Trinajstić information content (AvgIpc) is 3.46. The van der Waals surface area contributed by atoms with Crippen LogP contribution in [0.25, 0.3) is 0 Å². The molecule has 3 amide bonds. The Balaban J connectivity index is 1.67. The van der Waals surface area contributed by atoms with E-state index in [2.05, 4.69) is 40.4 Å². The first-order valence-electron chi connectivity index (χ1n) is 15.1. The summed E-state index contributed by atoms with van der Waals surface area (Å²) in [6.45, 7) is 8.14. The SMILES string of the molecule is Cc1cccc(C)c1NC(=O)N1C(CC(C)C)C(c2ccccc2)C(C(=O)c2ccccc2)C12C(=O)Nc1ccc(Br)cc12. The molecule has 2 aliphatic heterocycles. The summed E-state index contributed by atoms with van der Waals surface area (Å²) in [5.41, 5.74) is 3.59. The van der Waals surface area contributed by atoms with Crippen molar-refractivity contribution in [3.05, 3.63) is 129 Å². The lowest BCUT2D eigenvalue weighted by atomic mass is 9.69. The van der Waals surface area contributed by atoms with Gasteiger partial charge in [-0.1, -0.05) is 109 Å². The summed E-state index contributed by atoms with van der Waals surface area (Å²) in [4.78, 5) is 46.3. The number of carbonyl (C=O) groups is 3. The molecule has 224 valence electrons. The van der Waals surface area contributed by atoms with Gasteiger partial charge in [0.15, 0.2) is 11.3 Å². The number of anilines is 2. The van der Waals surface area contributed by atoms with Crippen LogP contribution in [0.2, 0.25) is 0 Å². The fourth-order valence-electron chi connectivity index (χ4n) is 7.33. The quantitative estimate of drug-likeness (QED) is 0.206. The first-order valence-corrected chi connectivity index (χ1v) is 15.9. The van der Waals surface area contributed by atoms with Gasteiger partial charge in [0.25, 0.3) is 5.91 Å². The van der Waals surface area contributed by atoms with Gasteiger partial charge in [0.05, 0.1) is 5.92 Å². The molecule has 0 bridgehead atoms. The molecule has 2 aliphatic rings. The molecular formula is C37H36BrN3O3. The van der Waals surface area contributed by atoms with E-state index in [0.29, 0.717) is 28.9 Å². The number of hydrogen-bond donors (Lipinski definition) is 2. The Bertz CT molecular complexity index is 1720. The van der Waals surface area contributed by atoms with E-state index in [9.17, 15) is 14.4 Å². The fraction of sp³-hybridized carbons (Fsp3) is 0.270. The predicted octanol–water partition coefficient (Wildman–Crippen LogP) is 8.46. The molecule has 1 saturated heterocycles. The molecule has 0 aromatic heterocycles. The predicted molar refractivity (Wildman–Crippen MR) is 178 cm³/mol. The largest absolute Gasteiger partial charge is 0.323 e. The summed E-state index contributed by atoms with van der Waals surface area (Å²) >= 11 is 3.62. The van der Waals surface area contributed by atoms with Gasteiger partial charge in [0.2, 0.25) is 0 Å². The topological polar surface area (TPSA) is 78.5 Å². The van der Waals surface area contributed by atoms with E-state index in [1.54, 1.807) is 17.0 Å². The van der Waals surface area contributed by atoms with Crippen LogP contribution >= 0.6 is 15.9 Å². The first-order chi connectivity index (χ1) is 21.1. The highest BCUT2D eigenvalue weighted by atomic mass is 79.9. The number of aryl methyl sites for hydroxylation is 2. The molecule has 7 heteroatoms. The zero-order valence-corrected chi connectivity index (χ0v) is 26.9. The van der Waals surface area contributed by atoms with Crippen molar-refractivity contribution < 1.29 is 14.4 Å². The lowest BCUT2D eigenvalue weighted by Crippen LogP contribution is -2.57. The molecule has 1 fully saturated rings. The molecule has 0 saturated carbocycles. The van der Waals surface area contributed by atoms with E-state index in [4.69, 9.17) is 0 Å². The summed E-state index contributed by atoms with van der Waals surface area (Å²) in [6, 6.07) is 29.6. The van der Waals surface area contributed by atoms with Gasteiger partial charge in [0, 0.05) is 38.9 Å². The second-order valence-corrected chi connectivity index (χ2v) is 13.2. The summed E-state index contributed by atoms with van der Waals surface area (Å²) in [5.74, 6) is -1.71. The van der Waals surface area contributed by atoms with E-state index in [1.165, 1.54) is 0 Å². The van der Waals surface area contributed by atoms with Crippen LogP contribution in [-0.4, -0.2) is 28.7 Å². The number of urea groups is 1. The highest BCUT2D eigenvalue weighted by molar-refractivity contribution is 9.10. The van der Waals surface area contributed by atoms with Crippen molar-refractivity contribution in [2.75, 3.05) is 10.6 Å². The minimum absolute atomic E-state index is 0.168. The van der Waals surface area contributed by atoms with Crippen LogP contribution in [0.1, 0.15) is 58.8 Å². The molecule has 2 N–H and O–H groups in total. The van der Waals surface area contributed by atoms with E-state index in [0.717, 1.165) is 21.2 Å². The molecule has 4 aromatic rings. The number of amides is 3. The number of carbonyl (C=O) groups excluding carboxylic acids is 3. The number of likely N-dealkylation sites (tertiary alicyclic amines) is 1. The lowest BCUT2D eigenvalue weighted by Gasteiger charge is -2.39. The number of halogens is 1. The van der Waals surface area contributed by atoms with Crippen molar-refractivity contribution >= 4 is 45.0 Å². The van der Waals surface area contributed by atoms with Crippen LogP contribution < -0.4 is 10.6 Å². The van der Waals surface area contributed by atoms with Crippen LogP contribution in [0.4, 0.5) is 16.2 Å². The van der Waals surface area contributed by atoms with Gasteiger partial charge in [-0.05, 0) is 61.1 Å².